The first-order chi connectivity index (χ1) is 8.36. The van der Waals surface area contributed by atoms with Crippen LogP contribution in [0.2, 0.25) is 0 Å². The molecule has 3 rings (SSSR count). The lowest BCUT2D eigenvalue weighted by Crippen LogP contribution is -2.41. The molecule has 1 aromatic heterocycles. The normalized spacial score (nSPS) is 34.0. The zero-order chi connectivity index (χ0) is 11.6. The molecule has 2 aliphatic rings. The molecule has 0 bridgehead atoms. The third-order valence-electron chi connectivity index (χ3n) is 3.55. The predicted molar refractivity (Wildman–Crippen MR) is 62.7 cm³/mol. The molecule has 2 saturated heterocycles. The molecule has 0 saturated carbocycles. The Kier molecular flexibility index (Phi) is 3.13. The molecule has 3 heterocycles. The van der Waals surface area contributed by atoms with Gasteiger partial charge in [0.15, 0.2) is 0 Å². The highest BCUT2D eigenvalue weighted by Crippen LogP contribution is 2.31. The SMILES string of the molecule is c1cn(C[C@H]2CO[C@]3(CNCCOC3)C2)cn1. The smallest absolute Gasteiger partial charge is 0.104 e. The summed E-state index contributed by atoms with van der Waals surface area (Å²) in [7, 11) is 0. The third-order valence-corrected chi connectivity index (χ3v) is 3.55. The van der Waals surface area contributed by atoms with E-state index in [1.54, 1.807) is 0 Å². The van der Waals surface area contributed by atoms with Crippen LogP contribution in [0.4, 0.5) is 0 Å². The summed E-state index contributed by atoms with van der Waals surface area (Å²) in [6.07, 6.45) is 6.76. The van der Waals surface area contributed by atoms with Gasteiger partial charge in [-0.15, -0.1) is 0 Å². The standard InChI is InChI=1S/C12H19N3O2/c1-3-15(10-14-1)6-11-5-12(17-7-11)8-13-2-4-16-9-12/h1,3,10-11,13H,2,4-9H2/t11-,12-/m0/s1. The van der Waals surface area contributed by atoms with Crippen LogP contribution >= 0.6 is 0 Å². The van der Waals surface area contributed by atoms with Gasteiger partial charge in [-0.3, -0.25) is 0 Å². The number of imidazole rings is 1. The second-order valence-electron chi connectivity index (χ2n) is 5.05. The number of hydrogen-bond donors (Lipinski definition) is 1. The molecule has 2 atom stereocenters. The summed E-state index contributed by atoms with van der Waals surface area (Å²) < 4.78 is 13.7. The molecule has 0 amide bonds. The van der Waals surface area contributed by atoms with Gasteiger partial charge in [-0.2, -0.15) is 0 Å². The Bertz CT molecular complexity index is 345. The van der Waals surface area contributed by atoms with Crippen LogP contribution < -0.4 is 5.32 Å². The largest absolute Gasteiger partial charge is 0.377 e. The summed E-state index contributed by atoms with van der Waals surface area (Å²) in [5.74, 6) is 0.563. The number of hydrogen-bond acceptors (Lipinski definition) is 4. The number of nitrogens with one attached hydrogen (secondary N) is 1. The van der Waals surface area contributed by atoms with E-state index >= 15 is 0 Å². The van der Waals surface area contributed by atoms with Crippen molar-refractivity contribution in [2.45, 2.75) is 18.6 Å². The van der Waals surface area contributed by atoms with Crippen molar-refractivity contribution in [2.24, 2.45) is 5.92 Å². The van der Waals surface area contributed by atoms with E-state index in [-0.39, 0.29) is 5.60 Å². The van der Waals surface area contributed by atoms with Crippen molar-refractivity contribution < 1.29 is 9.47 Å². The summed E-state index contributed by atoms with van der Waals surface area (Å²) in [4.78, 5) is 4.07. The fraction of sp³-hybridized carbons (Fsp3) is 0.750. The van der Waals surface area contributed by atoms with E-state index in [0.29, 0.717) is 5.92 Å². The van der Waals surface area contributed by atoms with E-state index in [9.17, 15) is 0 Å². The summed E-state index contributed by atoms with van der Waals surface area (Å²) >= 11 is 0. The first-order valence-corrected chi connectivity index (χ1v) is 6.25. The molecule has 94 valence electrons. The van der Waals surface area contributed by atoms with Crippen molar-refractivity contribution >= 4 is 0 Å². The maximum Gasteiger partial charge on any atom is 0.104 e. The molecule has 2 fully saturated rings. The lowest BCUT2D eigenvalue weighted by atomic mass is 9.94. The van der Waals surface area contributed by atoms with E-state index in [1.807, 2.05) is 18.7 Å². The lowest BCUT2D eigenvalue weighted by molar-refractivity contribution is -0.0472. The van der Waals surface area contributed by atoms with Crippen LogP contribution in [-0.2, 0) is 16.0 Å². The molecule has 17 heavy (non-hydrogen) atoms. The lowest BCUT2D eigenvalue weighted by Gasteiger charge is -2.25. The average molecular weight is 237 g/mol. The first kappa shape index (κ1) is 11.2. The summed E-state index contributed by atoms with van der Waals surface area (Å²) in [5, 5.41) is 3.39. The van der Waals surface area contributed by atoms with Gasteiger partial charge >= 0.3 is 0 Å². The average Bonchev–Trinajstić information content (AvgIpc) is 2.89. The molecular formula is C12H19N3O2. The number of ether oxygens (including phenoxy) is 2. The van der Waals surface area contributed by atoms with Gasteiger partial charge in [0.25, 0.3) is 0 Å². The number of rotatable bonds is 2. The van der Waals surface area contributed by atoms with Crippen molar-refractivity contribution in [2.75, 3.05) is 32.9 Å². The van der Waals surface area contributed by atoms with Crippen LogP contribution in [0.3, 0.4) is 0 Å². The van der Waals surface area contributed by atoms with Crippen molar-refractivity contribution in [3.63, 3.8) is 0 Å². The number of nitrogens with zero attached hydrogens (tertiary/aromatic N) is 2. The van der Waals surface area contributed by atoms with Crippen molar-refractivity contribution in [1.29, 1.82) is 0 Å². The van der Waals surface area contributed by atoms with Gasteiger partial charge in [-0.05, 0) is 6.42 Å². The first-order valence-electron chi connectivity index (χ1n) is 6.25. The summed E-state index contributed by atoms with van der Waals surface area (Å²) in [6, 6.07) is 0. The second-order valence-corrected chi connectivity index (χ2v) is 5.05. The zero-order valence-electron chi connectivity index (χ0n) is 9.97. The Labute approximate surface area is 101 Å². The Morgan fingerprint density at radius 3 is 3.41 bits per heavy atom. The van der Waals surface area contributed by atoms with E-state index in [4.69, 9.17) is 9.47 Å². The fourth-order valence-corrected chi connectivity index (χ4v) is 2.74. The van der Waals surface area contributed by atoms with Crippen LogP contribution in [-0.4, -0.2) is 48.1 Å². The topological polar surface area (TPSA) is 48.3 Å². The highest BCUT2D eigenvalue weighted by Gasteiger charge is 2.41. The molecule has 1 N–H and O–H groups in total. The third kappa shape index (κ3) is 2.51. The van der Waals surface area contributed by atoms with Gasteiger partial charge in [0.2, 0.25) is 0 Å². The molecule has 1 aromatic rings. The van der Waals surface area contributed by atoms with Gasteiger partial charge in [0.05, 0.1) is 26.1 Å². The van der Waals surface area contributed by atoms with Gasteiger partial charge in [-0.25, -0.2) is 4.98 Å². The molecule has 5 heteroatoms. The van der Waals surface area contributed by atoms with Crippen LogP contribution in [0, 0.1) is 5.92 Å². The molecular weight excluding hydrogens is 218 g/mol. The van der Waals surface area contributed by atoms with E-state index in [2.05, 4.69) is 14.9 Å². The van der Waals surface area contributed by atoms with Crippen LogP contribution in [0.1, 0.15) is 6.42 Å². The quantitative estimate of drug-likeness (QED) is 0.802. The Morgan fingerprint density at radius 1 is 1.53 bits per heavy atom. The maximum absolute atomic E-state index is 6.00. The summed E-state index contributed by atoms with van der Waals surface area (Å²) in [6.45, 7) is 5.16. The van der Waals surface area contributed by atoms with Crippen molar-refractivity contribution in [3.05, 3.63) is 18.7 Å². The Balaban J connectivity index is 1.60. The van der Waals surface area contributed by atoms with Gasteiger partial charge in [0, 0.05) is 37.9 Å². The molecule has 2 aliphatic heterocycles. The van der Waals surface area contributed by atoms with E-state index in [0.717, 1.165) is 45.9 Å². The predicted octanol–water partition coefficient (Wildman–Crippen LogP) is 0.278. The second kappa shape index (κ2) is 4.76. The van der Waals surface area contributed by atoms with E-state index in [1.165, 1.54) is 0 Å². The van der Waals surface area contributed by atoms with Crippen LogP contribution in [0.15, 0.2) is 18.7 Å². The van der Waals surface area contributed by atoms with Gasteiger partial charge in [0.1, 0.15) is 5.60 Å². The maximum atomic E-state index is 6.00. The van der Waals surface area contributed by atoms with Gasteiger partial charge in [-0.1, -0.05) is 0 Å². The van der Waals surface area contributed by atoms with Gasteiger partial charge < -0.3 is 19.4 Å². The van der Waals surface area contributed by atoms with Crippen molar-refractivity contribution in [3.8, 4) is 0 Å². The Hall–Kier alpha value is -0.910. The molecule has 0 radical (unpaired) electrons. The minimum atomic E-state index is -0.0955. The zero-order valence-corrected chi connectivity index (χ0v) is 9.97. The minimum Gasteiger partial charge on any atom is -0.377 e. The molecule has 0 aliphatic carbocycles. The fourth-order valence-electron chi connectivity index (χ4n) is 2.74. The highest BCUT2D eigenvalue weighted by atomic mass is 16.5. The van der Waals surface area contributed by atoms with Crippen LogP contribution in [0.25, 0.3) is 0 Å². The van der Waals surface area contributed by atoms with Crippen LogP contribution in [0.5, 0.6) is 0 Å². The number of aromatic nitrogens is 2. The molecule has 1 spiro atoms. The Morgan fingerprint density at radius 2 is 2.53 bits per heavy atom. The van der Waals surface area contributed by atoms with E-state index < -0.39 is 0 Å². The highest BCUT2D eigenvalue weighted by molar-refractivity contribution is 4.93. The minimum absolute atomic E-state index is 0.0955. The van der Waals surface area contributed by atoms with Crippen molar-refractivity contribution in [1.82, 2.24) is 14.9 Å². The summed E-state index contributed by atoms with van der Waals surface area (Å²) in [5.41, 5.74) is -0.0955. The monoisotopic (exact) mass is 237 g/mol. The molecule has 5 nitrogen and oxygen atoms in total. The molecule has 0 unspecified atom stereocenters. The molecule has 0 aromatic carbocycles.